The van der Waals surface area contributed by atoms with E-state index in [0.717, 1.165) is 22.9 Å². The minimum atomic E-state index is -1.46. The Balaban J connectivity index is 1.50. The summed E-state index contributed by atoms with van der Waals surface area (Å²) in [5.41, 5.74) is 7.12. The summed E-state index contributed by atoms with van der Waals surface area (Å²) in [4.78, 5) is 9.77. The molecule has 4 heteroatoms. The highest BCUT2D eigenvalue weighted by Gasteiger charge is 2.24. The van der Waals surface area contributed by atoms with Crippen LogP contribution in [0.5, 0.6) is 0 Å². The van der Waals surface area contributed by atoms with Gasteiger partial charge in [-0.05, 0) is 65.6 Å². The molecule has 0 amide bonds. The molecule has 0 atom stereocenters. The van der Waals surface area contributed by atoms with Crippen molar-refractivity contribution in [3.63, 3.8) is 0 Å². The molecule has 1 aliphatic rings. The van der Waals surface area contributed by atoms with E-state index < -0.39 is 8.07 Å². The first-order chi connectivity index (χ1) is 17.0. The zero-order chi connectivity index (χ0) is 24.0. The Morgan fingerprint density at radius 2 is 1.66 bits per heavy atom. The van der Waals surface area contributed by atoms with Crippen molar-refractivity contribution >= 4 is 35.2 Å². The van der Waals surface area contributed by atoms with E-state index in [2.05, 4.69) is 91.1 Å². The van der Waals surface area contributed by atoms with Gasteiger partial charge in [-0.2, -0.15) is 0 Å². The second-order valence-corrected chi connectivity index (χ2v) is 16.1. The van der Waals surface area contributed by atoms with Gasteiger partial charge in [-0.15, -0.1) is 0 Å². The molecule has 0 saturated heterocycles. The van der Waals surface area contributed by atoms with E-state index in [-0.39, 0.29) is 0 Å². The van der Waals surface area contributed by atoms with Gasteiger partial charge in [-0.25, -0.2) is 4.98 Å². The van der Waals surface area contributed by atoms with Crippen LogP contribution in [0.1, 0.15) is 31.2 Å². The van der Waals surface area contributed by atoms with E-state index in [1.807, 2.05) is 12.3 Å². The topological polar surface area (TPSA) is 30.7 Å². The van der Waals surface area contributed by atoms with Crippen molar-refractivity contribution in [3.05, 3.63) is 84.7 Å². The molecule has 0 N–H and O–H groups in total. The molecular weight excluding hydrogens is 442 g/mol. The van der Waals surface area contributed by atoms with Crippen molar-refractivity contribution in [2.24, 2.45) is 5.92 Å². The number of hydrogen-bond donors (Lipinski definition) is 0. The summed E-state index contributed by atoms with van der Waals surface area (Å²) >= 11 is 0. The van der Waals surface area contributed by atoms with Crippen LogP contribution in [0.3, 0.4) is 0 Å². The van der Waals surface area contributed by atoms with E-state index in [1.54, 1.807) is 0 Å². The van der Waals surface area contributed by atoms with Crippen molar-refractivity contribution in [1.29, 1.82) is 0 Å². The average Bonchev–Trinajstić information content (AvgIpc) is 3.49. The third-order valence-corrected chi connectivity index (χ3v) is 9.68. The van der Waals surface area contributed by atoms with Crippen LogP contribution in [0.25, 0.3) is 38.9 Å². The van der Waals surface area contributed by atoms with Crippen LogP contribution in [-0.4, -0.2) is 22.6 Å². The highest BCUT2D eigenvalue weighted by atomic mass is 28.3. The Morgan fingerprint density at radius 3 is 2.43 bits per heavy atom. The van der Waals surface area contributed by atoms with Crippen molar-refractivity contribution < 1.29 is 0 Å². The molecule has 0 aliphatic heterocycles. The maximum absolute atomic E-state index is 5.01. The van der Waals surface area contributed by atoms with Gasteiger partial charge in [0.1, 0.15) is 5.65 Å². The molecule has 5 aromatic rings. The maximum Gasteiger partial charge on any atom is 0.145 e. The van der Waals surface area contributed by atoms with E-state index in [4.69, 9.17) is 9.97 Å². The predicted molar refractivity (Wildman–Crippen MR) is 150 cm³/mol. The molecule has 0 spiro atoms. The summed E-state index contributed by atoms with van der Waals surface area (Å²) in [6, 6.07) is 23.9. The molecule has 3 nitrogen and oxygen atoms in total. The first kappa shape index (κ1) is 22.2. The number of nitrogens with zero attached hydrogens (tertiary/aromatic N) is 3. The van der Waals surface area contributed by atoms with Gasteiger partial charge in [0.25, 0.3) is 0 Å². The molecule has 0 radical (unpaired) electrons. The average molecular weight is 476 g/mol. The highest BCUT2D eigenvalue weighted by Crippen LogP contribution is 2.34. The van der Waals surface area contributed by atoms with Crippen molar-refractivity contribution in [2.45, 2.75) is 51.7 Å². The van der Waals surface area contributed by atoms with E-state index >= 15 is 0 Å². The van der Waals surface area contributed by atoms with Crippen molar-refractivity contribution in [1.82, 2.24) is 14.5 Å². The number of hydrogen-bond acceptors (Lipinski definition) is 2. The first-order valence-corrected chi connectivity index (χ1v) is 16.4. The zero-order valence-electron chi connectivity index (χ0n) is 21.0. The van der Waals surface area contributed by atoms with Crippen molar-refractivity contribution in [2.75, 3.05) is 0 Å². The number of fused-ring (bicyclic) bond motifs is 3. The van der Waals surface area contributed by atoms with Crippen LogP contribution in [0.4, 0.5) is 0 Å². The second-order valence-electron chi connectivity index (χ2n) is 11.1. The predicted octanol–water partition coefficient (Wildman–Crippen LogP) is 7.52. The van der Waals surface area contributed by atoms with Gasteiger partial charge in [0.2, 0.25) is 0 Å². The molecule has 3 heterocycles. The van der Waals surface area contributed by atoms with Crippen molar-refractivity contribution in [3.8, 4) is 16.9 Å². The summed E-state index contributed by atoms with van der Waals surface area (Å²) in [6.07, 6.45) is 10.8. The second kappa shape index (κ2) is 8.76. The quantitative estimate of drug-likeness (QED) is 0.246. The lowest BCUT2D eigenvalue weighted by Crippen LogP contribution is -2.41. The Morgan fingerprint density at radius 1 is 0.857 bits per heavy atom. The van der Waals surface area contributed by atoms with Gasteiger partial charge in [0.15, 0.2) is 0 Å². The van der Waals surface area contributed by atoms with Gasteiger partial charge in [-0.3, -0.25) is 9.55 Å². The van der Waals surface area contributed by atoms with Gasteiger partial charge < -0.3 is 0 Å². The maximum atomic E-state index is 5.01. The Labute approximate surface area is 208 Å². The summed E-state index contributed by atoms with van der Waals surface area (Å²) in [7, 11) is -1.46. The molecule has 2 aromatic carbocycles. The highest BCUT2D eigenvalue weighted by molar-refractivity contribution is 6.89. The molecule has 1 fully saturated rings. The molecule has 35 heavy (non-hydrogen) atoms. The number of rotatable bonds is 5. The van der Waals surface area contributed by atoms with Crippen LogP contribution >= 0.6 is 0 Å². The number of benzene rings is 2. The molecular formula is C31H33N3Si. The van der Waals surface area contributed by atoms with Crippen LogP contribution in [0.2, 0.25) is 19.6 Å². The lowest BCUT2D eigenvalue weighted by Gasteiger charge is -2.23. The molecule has 1 aliphatic carbocycles. The third-order valence-electron chi connectivity index (χ3n) is 7.62. The molecule has 176 valence electrons. The lowest BCUT2D eigenvalue weighted by molar-refractivity contribution is 0.547. The minimum absolute atomic E-state index is 0.831. The molecule has 1 saturated carbocycles. The summed E-state index contributed by atoms with van der Waals surface area (Å²) < 4.78 is 2.27. The number of para-hydroxylation sites is 1. The SMILES string of the molecule is C[Si](C)(C)c1cnc(-c2ccc3c(c2)c2cccnc2n3-c2ccccc2)cc1CC1CCCC1. The normalized spacial score (nSPS) is 14.8. The third kappa shape index (κ3) is 4.10. The van der Waals surface area contributed by atoms with E-state index in [9.17, 15) is 0 Å². The minimum Gasteiger partial charge on any atom is -0.294 e. The fourth-order valence-electron chi connectivity index (χ4n) is 5.87. The van der Waals surface area contributed by atoms with Gasteiger partial charge in [0, 0.05) is 34.4 Å². The Kier molecular flexibility index (Phi) is 5.57. The van der Waals surface area contributed by atoms with Crippen LogP contribution in [-0.2, 0) is 6.42 Å². The smallest absolute Gasteiger partial charge is 0.145 e. The summed E-state index contributed by atoms with van der Waals surface area (Å²) in [6.45, 7) is 7.33. The monoisotopic (exact) mass is 475 g/mol. The standard InChI is InChI=1S/C31H33N3Si/c1-35(2,3)30-21-33-28(20-24(30)18-22-10-7-8-11-22)23-15-16-29-27(19-23)26-14-9-17-32-31(26)34(29)25-12-5-4-6-13-25/h4-6,9,12-17,19-22H,7-8,10-11,18H2,1-3H3. The van der Waals surface area contributed by atoms with Crippen LogP contribution in [0.15, 0.2) is 79.1 Å². The Bertz CT molecular complexity index is 1510. The fraction of sp³-hybridized carbons (Fsp3) is 0.290. The molecule has 3 aromatic heterocycles. The molecule has 6 rings (SSSR count). The number of aromatic nitrogens is 3. The van der Waals surface area contributed by atoms with Crippen LogP contribution < -0.4 is 5.19 Å². The number of pyridine rings is 2. The fourth-order valence-corrected chi connectivity index (χ4v) is 7.46. The first-order valence-electron chi connectivity index (χ1n) is 12.9. The largest absolute Gasteiger partial charge is 0.294 e. The van der Waals surface area contributed by atoms with Gasteiger partial charge in [0.05, 0.1) is 19.3 Å². The summed E-state index contributed by atoms with van der Waals surface area (Å²) in [5.74, 6) is 0.831. The summed E-state index contributed by atoms with van der Waals surface area (Å²) in [5, 5.41) is 3.93. The zero-order valence-corrected chi connectivity index (χ0v) is 22.0. The van der Waals surface area contributed by atoms with E-state index in [0.29, 0.717) is 0 Å². The lowest BCUT2D eigenvalue weighted by atomic mass is 9.97. The Hall–Kier alpha value is -3.24. The van der Waals surface area contributed by atoms with Crippen LogP contribution in [0, 0.1) is 5.92 Å². The molecule has 0 bridgehead atoms. The molecule has 0 unspecified atom stereocenters. The van der Waals surface area contributed by atoms with E-state index in [1.165, 1.54) is 64.7 Å². The van der Waals surface area contributed by atoms with Gasteiger partial charge >= 0.3 is 0 Å². The van der Waals surface area contributed by atoms with Gasteiger partial charge in [-0.1, -0.05) is 69.6 Å².